The van der Waals surface area contributed by atoms with Crippen molar-refractivity contribution in [3.8, 4) is 0 Å². The lowest BCUT2D eigenvalue weighted by Gasteiger charge is -2.21. The molecule has 0 amide bonds. The van der Waals surface area contributed by atoms with Crippen LogP contribution >= 0.6 is 8.38 Å². The number of benzene rings is 1. The van der Waals surface area contributed by atoms with E-state index >= 15 is 0 Å². The molecule has 0 aromatic heterocycles. The average molecular weight is 225 g/mol. The lowest BCUT2D eigenvalue weighted by Crippen LogP contribution is -2.03. The van der Waals surface area contributed by atoms with Crippen LogP contribution in [-0.4, -0.2) is 12.8 Å². The Morgan fingerprint density at radius 1 is 1.20 bits per heavy atom. The molecule has 0 bridgehead atoms. The van der Waals surface area contributed by atoms with Gasteiger partial charge in [-0.3, -0.25) is 0 Å². The summed E-state index contributed by atoms with van der Waals surface area (Å²) in [7, 11) is -1.41. The van der Waals surface area contributed by atoms with Crippen LogP contribution in [0.25, 0.3) is 0 Å². The number of hydrogen-bond donors (Lipinski definition) is 0. The van der Waals surface area contributed by atoms with Gasteiger partial charge in [0, 0.05) is 6.61 Å². The van der Waals surface area contributed by atoms with Crippen LogP contribution in [0.15, 0.2) is 30.3 Å². The maximum Gasteiger partial charge on any atom is 0.0464 e. The van der Waals surface area contributed by atoms with Gasteiger partial charge in [0.05, 0.1) is 0 Å². The van der Waals surface area contributed by atoms with Crippen LogP contribution < -0.4 is 4.89 Å². The van der Waals surface area contributed by atoms with E-state index in [1.807, 2.05) is 13.0 Å². The predicted octanol–water partition coefficient (Wildman–Crippen LogP) is 2.72. The SMILES string of the molecule is CCOP([O-])CCCCc1ccccc1. The van der Waals surface area contributed by atoms with Crippen molar-refractivity contribution in [1.29, 1.82) is 0 Å². The third kappa shape index (κ3) is 5.88. The zero-order chi connectivity index (χ0) is 10.9. The van der Waals surface area contributed by atoms with Crippen LogP contribution in [0.5, 0.6) is 0 Å². The highest BCUT2D eigenvalue weighted by atomic mass is 31.2. The summed E-state index contributed by atoms with van der Waals surface area (Å²) >= 11 is 0. The fraction of sp³-hybridized carbons (Fsp3) is 0.500. The lowest BCUT2D eigenvalue weighted by atomic mass is 10.1. The van der Waals surface area contributed by atoms with Crippen LogP contribution in [-0.2, 0) is 10.9 Å². The van der Waals surface area contributed by atoms with E-state index in [-0.39, 0.29) is 0 Å². The van der Waals surface area contributed by atoms with Gasteiger partial charge < -0.3 is 9.42 Å². The van der Waals surface area contributed by atoms with Crippen LogP contribution in [0.2, 0.25) is 0 Å². The number of unbranched alkanes of at least 4 members (excludes halogenated alkanes) is 1. The zero-order valence-corrected chi connectivity index (χ0v) is 10.1. The minimum Gasteiger partial charge on any atom is -0.808 e. The Labute approximate surface area is 93.2 Å². The summed E-state index contributed by atoms with van der Waals surface area (Å²) in [5, 5.41) is 0. The smallest absolute Gasteiger partial charge is 0.0464 e. The number of aryl methyl sites for hydroxylation is 1. The third-order valence-electron chi connectivity index (χ3n) is 2.17. The summed E-state index contributed by atoms with van der Waals surface area (Å²) in [5.74, 6) is 0. The first-order chi connectivity index (χ1) is 7.33. The molecule has 0 heterocycles. The van der Waals surface area contributed by atoms with Crippen molar-refractivity contribution in [2.45, 2.75) is 26.2 Å². The molecule has 1 aromatic rings. The molecular weight excluding hydrogens is 207 g/mol. The van der Waals surface area contributed by atoms with Gasteiger partial charge in [0.25, 0.3) is 0 Å². The quantitative estimate of drug-likeness (QED) is 0.528. The first-order valence-electron chi connectivity index (χ1n) is 5.44. The Morgan fingerprint density at radius 2 is 1.93 bits per heavy atom. The third-order valence-corrected chi connectivity index (χ3v) is 3.40. The summed E-state index contributed by atoms with van der Waals surface area (Å²) in [6.07, 6.45) is 3.81. The van der Waals surface area contributed by atoms with Crippen molar-refractivity contribution in [2.75, 3.05) is 12.8 Å². The van der Waals surface area contributed by atoms with Crippen molar-refractivity contribution in [3.05, 3.63) is 35.9 Å². The van der Waals surface area contributed by atoms with E-state index in [1.165, 1.54) is 5.56 Å². The molecule has 1 unspecified atom stereocenters. The van der Waals surface area contributed by atoms with E-state index in [1.54, 1.807) is 0 Å². The Kier molecular flexibility index (Phi) is 6.58. The summed E-state index contributed by atoms with van der Waals surface area (Å²) in [6, 6.07) is 10.4. The van der Waals surface area contributed by atoms with Gasteiger partial charge in [-0.1, -0.05) is 38.7 Å². The van der Waals surface area contributed by atoms with Gasteiger partial charge in [0.1, 0.15) is 0 Å². The van der Waals surface area contributed by atoms with E-state index in [4.69, 9.17) is 4.52 Å². The molecule has 0 aliphatic rings. The van der Waals surface area contributed by atoms with Crippen LogP contribution in [0.3, 0.4) is 0 Å². The van der Waals surface area contributed by atoms with E-state index in [9.17, 15) is 4.89 Å². The van der Waals surface area contributed by atoms with Crippen molar-refractivity contribution in [3.63, 3.8) is 0 Å². The second-order valence-electron chi connectivity index (χ2n) is 3.42. The van der Waals surface area contributed by atoms with Crippen molar-refractivity contribution in [2.24, 2.45) is 0 Å². The second kappa shape index (κ2) is 7.81. The maximum atomic E-state index is 11.2. The Bertz CT molecular complexity index is 251. The topological polar surface area (TPSA) is 32.3 Å². The van der Waals surface area contributed by atoms with Crippen molar-refractivity contribution >= 4 is 8.38 Å². The first-order valence-corrected chi connectivity index (χ1v) is 6.80. The molecule has 0 saturated heterocycles. The largest absolute Gasteiger partial charge is 0.808 e. The molecule has 15 heavy (non-hydrogen) atoms. The van der Waals surface area contributed by atoms with Crippen LogP contribution in [0.4, 0.5) is 0 Å². The minimum atomic E-state index is -1.41. The van der Waals surface area contributed by atoms with E-state index < -0.39 is 8.38 Å². The molecule has 0 aliphatic heterocycles. The molecule has 2 nitrogen and oxygen atoms in total. The minimum absolute atomic E-state index is 0.549. The van der Waals surface area contributed by atoms with Gasteiger partial charge in [-0.15, -0.1) is 0 Å². The monoisotopic (exact) mass is 225 g/mol. The van der Waals surface area contributed by atoms with Gasteiger partial charge >= 0.3 is 0 Å². The zero-order valence-electron chi connectivity index (χ0n) is 9.19. The van der Waals surface area contributed by atoms with Gasteiger partial charge in [0.2, 0.25) is 0 Å². The molecule has 1 atom stereocenters. The number of rotatable bonds is 7. The highest BCUT2D eigenvalue weighted by Gasteiger charge is 1.95. The molecular formula is C12H18O2P-. The summed E-state index contributed by atoms with van der Waals surface area (Å²) in [6.45, 7) is 2.42. The molecule has 3 heteroatoms. The van der Waals surface area contributed by atoms with Crippen molar-refractivity contribution < 1.29 is 9.42 Å². The van der Waals surface area contributed by atoms with Crippen LogP contribution in [0, 0.1) is 0 Å². The van der Waals surface area contributed by atoms with Gasteiger partial charge in [-0.05, 0) is 37.9 Å². The molecule has 0 fully saturated rings. The average Bonchev–Trinajstić information content (AvgIpc) is 2.26. The van der Waals surface area contributed by atoms with E-state index in [0.29, 0.717) is 12.8 Å². The fourth-order valence-electron chi connectivity index (χ4n) is 1.42. The molecule has 0 aliphatic carbocycles. The molecule has 84 valence electrons. The molecule has 1 rings (SSSR count). The Balaban J connectivity index is 2.07. The molecule has 0 saturated carbocycles. The molecule has 1 aromatic carbocycles. The molecule has 0 N–H and O–H groups in total. The highest BCUT2D eigenvalue weighted by molar-refractivity contribution is 7.44. The summed E-state index contributed by atoms with van der Waals surface area (Å²) in [4.78, 5) is 11.2. The van der Waals surface area contributed by atoms with Gasteiger partial charge in [0.15, 0.2) is 0 Å². The van der Waals surface area contributed by atoms with E-state index in [0.717, 1.165) is 19.3 Å². The fourth-order valence-corrected chi connectivity index (χ4v) is 2.32. The first kappa shape index (κ1) is 12.6. The Morgan fingerprint density at radius 3 is 2.60 bits per heavy atom. The van der Waals surface area contributed by atoms with E-state index in [2.05, 4.69) is 24.3 Å². The lowest BCUT2D eigenvalue weighted by molar-refractivity contribution is -0.180. The normalized spacial score (nSPS) is 12.7. The predicted molar refractivity (Wildman–Crippen MR) is 62.8 cm³/mol. The van der Waals surface area contributed by atoms with Gasteiger partial charge in [-0.25, -0.2) is 0 Å². The molecule has 0 spiro atoms. The van der Waals surface area contributed by atoms with Crippen molar-refractivity contribution in [1.82, 2.24) is 0 Å². The maximum absolute atomic E-state index is 11.2. The highest BCUT2D eigenvalue weighted by Crippen LogP contribution is 2.27. The molecule has 0 radical (unpaired) electrons. The second-order valence-corrected chi connectivity index (χ2v) is 4.79. The number of hydrogen-bond acceptors (Lipinski definition) is 2. The Hall–Kier alpha value is -0.430. The van der Waals surface area contributed by atoms with Gasteiger partial charge in [-0.2, -0.15) is 0 Å². The standard InChI is InChI=1S/C12H18O2P/c1-2-14-15(13)11-7-6-10-12-8-4-3-5-9-12/h3-5,8-9H,2,6-7,10-11H2,1H3/q-1. The summed E-state index contributed by atoms with van der Waals surface area (Å²) < 4.78 is 5.00. The summed E-state index contributed by atoms with van der Waals surface area (Å²) in [5.41, 5.74) is 1.35. The van der Waals surface area contributed by atoms with Crippen LogP contribution in [0.1, 0.15) is 25.3 Å².